The van der Waals surface area contributed by atoms with E-state index in [0.717, 1.165) is 5.57 Å². The van der Waals surface area contributed by atoms with E-state index in [2.05, 4.69) is 0 Å². The summed E-state index contributed by atoms with van der Waals surface area (Å²) in [7, 11) is 0. The molecule has 36 heavy (non-hydrogen) atoms. The Labute approximate surface area is 212 Å². The van der Waals surface area contributed by atoms with Gasteiger partial charge in [-0.3, -0.25) is 24.1 Å². The minimum absolute atomic E-state index is 0.0140. The molecule has 0 spiro atoms. The van der Waals surface area contributed by atoms with Gasteiger partial charge in [0.15, 0.2) is 11.6 Å². The van der Waals surface area contributed by atoms with Crippen molar-refractivity contribution in [1.82, 2.24) is 0 Å². The summed E-state index contributed by atoms with van der Waals surface area (Å²) in [5, 5.41) is 10.2. The summed E-state index contributed by atoms with van der Waals surface area (Å²) in [6.07, 6.45) is 3.88. The minimum atomic E-state index is -0.640. The summed E-state index contributed by atoms with van der Waals surface area (Å²) in [5.74, 6) is -3.25. The molecule has 0 saturated carbocycles. The molecule has 6 rings (SSSR count). The Morgan fingerprint density at radius 3 is 2.44 bits per heavy atom. The SMILES string of the molecule is CC1=CC(=O)C2=C(C[C@@H]3C(=CC[C@@H]4C(=O)N(c5ccccc5)C(=O)[C@@H]43)[C@@H]2c2ccc(O)cc2Cl)C1=O. The number of amides is 2. The number of hydrogen-bond donors (Lipinski definition) is 1. The first-order chi connectivity index (χ1) is 17.3. The number of fused-ring (bicyclic) bond motifs is 3. The van der Waals surface area contributed by atoms with E-state index in [-0.39, 0.29) is 40.6 Å². The third-order valence-electron chi connectivity index (χ3n) is 7.87. The third kappa shape index (κ3) is 3.17. The Morgan fingerprint density at radius 1 is 0.972 bits per heavy atom. The Balaban J connectivity index is 1.51. The van der Waals surface area contributed by atoms with Crippen LogP contribution in [0, 0.1) is 17.8 Å². The molecule has 1 N–H and O–H groups in total. The average Bonchev–Trinajstić information content (AvgIpc) is 3.12. The maximum absolute atomic E-state index is 13.8. The predicted octanol–water partition coefficient (Wildman–Crippen LogP) is 4.68. The lowest BCUT2D eigenvalue weighted by atomic mass is 9.59. The number of phenols is 1. The molecule has 0 aromatic heterocycles. The summed E-state index contributed by atoms with van der Waals surface area (Å²) in [6.45, 7) is 1.61. The highest BCUT2D eigenvalue weighted by Gasteiger charge is 2.56. The van der Waals surface area contributed by atoms with Crippen molar-refractivity contribution >= 4 is 40.7 Å². The molecular formula is C29H22ClNO5. The Bertz CT molecular complexity index is 1470. The molecule has 4 aliphatic rings. The summed E-state index contributed by atoms with van der Waals surface area (Å²) in [4.78, 5) is 55.0. The summed E-state index contributed by atoms with van der Waals surface area (Å²) in [6, 6.07) is 13.4. The smallest absolute Gasteiger partial charge is 0.238 e. The molecule has 7 heteroatoms. The number of hydrogen-bond acceptors (Lipinski definition) is 5. The van der Waals surface area contributed by atoms with Crippen molar-refractivity contribution in [3.8, 4) is 5.75 Å². The van der Waals surface area contributed by atoms with Gasteiger partial charge >= 0.3 is 0 Å². The number of anilines is 1. The van der Waals surface area contributed by atoms with Gasteiger partial charge in [-0.15, -0.1) is 0 Å². The number of allylic oxidation sites excluding steroid dienone is 6. The molecule has 4 atom stereocenters. The zero-order chi connectivity index (χ0) is 25.3. The van der Waals surface area contributed by atoms with Crippen molar-refractivity contribution in [2.24, 2.45) is 17.8 Å². The van der Waals surface area contributed by atoms with Crippen LogP contribution in [0.2, 0.25) is 5.02 Å². The van der Waals surface area contributed by atoms with E-state index in [1.807, 2.05) is 12.1 Å². The van der Waals surface area contributed by atoms with Gasteiger partial charge < -0.3 is 5.11 Å². The fourth-order valence-corrected chi connectivity index (χ4v) is 6.60. The zero-order valence-corrected chi connectivity index (χ0v) is 20.2. The molecule has 3 aliphatic carbocycles. The van der Waals surface area contributed by atoms with Crippen LogP contribution < -0.4 is 4.90 Å². The number of nitrogens with zero attached hydrogens (tertiary/aromatic N) is 1. The highest BCUT2D eigenvalue weighted by atomic mass is 35.5. The molecule has 0 unspecified atom stereocenters. The Morgan fingerprint density at radius 2 is 1.72 bits per heavy atom. The molecule has 2 aromatic rings. The second-order valence-electron chi connectivity index (χ2n) is 9.78. The lowest BCUT2D eigenvalue weighted by Gasteiger charge is -2.42. The Hall–Kier alpha value is -3.77. The lowest BCUT2D eigenvalue weighted by Crippen LogP contribution is -2.39. The summed E-state index contributed by atoms with van der Waals surface area (Å²) >= 11 is 6.55. The minimum Gasteiger partial charge on any atom is -0.508 e. The van der Waals surface area contributed by atoms with Crippen LogP contribution in [0.4, 0.5) is 5.69 Å². The van der Waals surface area contributed by atoms with E-state index in [9.17, 15) is 24.3 Å². The number of halogens is 1. The molecule has 1 heterocycles. The fourth-order valence-electron chi connectivity index (χ4n) is 6.32. The van der Waals surface area contributed by atoms with Gasteiger partial charge in [-0.05, 0) is 61.6 Å². The maximum Gasteiger partial charge on any atom is 0.238 e. The molecule has 180 valence electrons. The second-order valence-corrected chi connectivity index (χ2v) is 10.2. The van der Waals surface area contributed by atoms with E-state index in [4.69, 9.17) is 11.6 Å². The molecule has 1 saturated heterocycles. The van der Waals surface area contributed by atoms with Crippen molar-refractivity contribution in [1.29, 1.82) is 0 Å². The van der Waals surface area contributed by atoms with Crippen LogP contribution in [0.5, 0.6) is 5.75 Å². The first-order valence-corrected chi connectivity index (χ1v) is 12.3. The van der Waals surface area contributed by atoms with E-state index in [1.165, 1.54) is 23.1 Å². The van der Waals surface area contributed by atoms with Crippen LogP contribution in [0.3, 0.4) is 0 Å². The van der Waals surface area contributed by atoms with Gasteiger partial charge in [0.1, 0.15) is 5.75 Å². The number of rotatable bonds is 2. The van der Waals surface area contributed by atoms with Crippen LogP contribution in [-0.4, -0.2) is 28.5 Å². The molecule has 6 nitrogen and oxygen atoms in total. The van der Waals surface area contributed by atoms with Crippen LogP contribution in [0.1, 0.15) is 31.2 Å². The van der Waals surface area contributed by atoms with Crippen molar-refractivity contribution in [3.63, 3.8) is 0 Å². The number of Topliss-reactive ketones (excluding diaryl/α,β-unsaturated/α-hetero) is 1. The van der Waals surface area contributed by atoms with Crippen molar-refractivity contribution in [2.45, 2.75) is 25.7 Å². The molecule has 1 aliphatic heterocycles. The number of para-hydroxylation sites is 1. The third-order valence-corrected chi connectivity index (χ3v) is 8.20. The van der Waals surface area contributed by atoms with E-state index >= 15 is 0 Å². The van der Waals surface area contributed by atoms with Gasteiger partial charge in [-0.2, -0.15) is 0 Å². The van der Waals surface area contributed by atoms with Gasteiger partial charge in [0.05, 0.1) is 17.5 Å². The summed E-state index contributed by atoms with van der Waals surface area (Å²) in [5.41, 5.74) is 3.05. The molecule has 2 aromatic carbocycles. The van der Waals surface area contributed by atoms with E-state index in [0.29, 0.717) is 34.4 Å². The monoisotopic (exact) mass is 499 g/mol. The quantitative estimate of drug-likeness (QED) is 0.368. The van der Waals surface area contributed by atoms with Gasteiger partial charge in [0, 0.05) is 27.7 Å². The van der Waals surface area contributed by atoms with Crippen LogP contribution >= 0.6 is 11.6 Å². The number of aromatic hydroxyl groups is 1. The zero-order valence-electron chi connectivity index (χ0n) is 19.4. The highest BCUT2D eigenvalue weighted by Crippen LogP contribution is 2.56. The largest absolute Gasteiger partial charge is 0.508 e. The summed E-state index contributed by atoms with van der Waals surface area (Å²) < 4.78 is 0. The number of benzene rings is 2. The standard InChI is InChI=1S/C29H22ClNO5/c1-14-11-23(33)26-21(27(14)34)13-20-17(24(26)18-8-7-16(32)12-22(18)30)9-10-19-25(20)29(36)31(28(19)35)15-5-3-2-4-6-15/h2-9,11-12,19-20,24-25,32H,10,13H2,1H3/t19-,20+,24+,25-/m0/s1. The topological polar surface area (TPSA) is 91.8 Å². The number of imide groups is 1. The number of carbonyl (C=O) groups is 4. The Kier molecular flexibility index (Phi) is 5.12. The fraction of sp³-hybridized carbons (Fsp3) is 0.241. The van der Waals surface area contributed by atoms with Crippen molar-refractivity contribution < 1.29 is 24.3 Å². The van der Waals surface area contributed by atoms with E-state index < -0.39 is 23.7 Å². The maximum atomic E-state index is 13.8. The highest BCUT2D eigenvalue weighted by molar-refractivity contribution is 6.32. The van der Waals surface area contributed by atoms with Crippen molar-refractivity contribution in [2.75, 3.05) is 4.90 Å². The molecule has 0 bridgehead atoms. The number of carbonyl (C=O) groups excluding carboxylic acids is 4. The number of ketones is 2. The molecular weight excluding hydrogens is 478 g/mol. The first kappa shape index (κ1) is 22.7. The van der Waals surface area contributed by atoms with Gasteiger partial charge in [-0.1, -0.05) is 47.5 Å². The average molecular weight is 500 g/mol. The van der Waals surface area contributed by atoms with Crippen LogP contribution in [0.15, 0.2) is 83.0 Å². The molecule has 2 amide bonds. The second kappa shape index (κ2) is 8.14. The van der Waals surface area contributed by atoms with Gasteiger partial charge in [-0.25, -0.2) is 0 Å². The molecule has 1 fully saturated rings. The normalized spacial score (nSPS) is 27.4. The van der Waals surface area contributed by atoms with Crippen LogP contribution in [-0.2, 0) is 19.2 Å². The first-order valence-electron chi connectivity index (χ1n) is 11.9. The predicted molar refractivity (Wildman–Crippen MR) is 133 cm³/mol. The van der Waals surface area contributed by atoms with Crippen molar-refractivity contribution in [3.05, 3.63) is 93.6 Å². The lowest BCUT2D eigenvalue weighted by molar-refractivity contribution is -0.123. The number of phenolic OH excluding ortho intramolecular Hbond substituents is 1. The van der Waals surface area contributed by atoms with Gasteiger partial charge in [0.2, 0.25) is 11.8 Å². The van der Waals surface area contributed by atoms with E-state index in [1.54, 1.807) is 37.3 Å². The van der Waals surface area contributed by atoms with Gasteiger partial charge in [0.25, 0.3) is 0 Å². The van der Waals surface area contributed by atoms with Crippen LogP contribution in [0.25, 0.3) is 0 Å². The molecule has 0 radical (unpaired) electrons.